The normalized spacial score (nSPS) is 23.2. The van der Waals surface area contributed by atoms with E-state index in [2.05, 4.69) is 193 Å². The lowest BCUT2D eigenvalue weighted by molar-refractivity contribution is -0.0156. The summed E-state index contributed by atoms with van der Waals surface area (Å²) in [6, 6.07) is 55.3. The molecule has 12 nitrogen and oxygen atoms in total. The summed E-state index contributed by atoms with van der Waals surface area (Å²) in [7, 11) is 0. The molecule has 568 valence electrons. The topological polar surface area (TPSA) is 155 Å². The van der Waals surface area contributed by atoms with Crippen molar-refractivity contribution in [1.29, 1.82) is 0 Å². The Morgan fingerprint density at radius 2 is 0.730 bits per heavy atom. The predicted molar refractivity (Wildman–Crippen MR) is 449 cm³/mol. The van der Waals surface area contributed by atoms with E-state index < -0.39 is 0 Å². The number of hydrogen-bond donors (Lipinski definition) is 0. The van der Waals surface area contributed by atoms with Gasteiger partial charge in [0.25, 0.3) is 0 Å². The molecule has 0 amide bonds. The summed E-state index contributed by atoms with van der Waals surface area (Å²) in [5, 5.41) is 0.942. The van der Waals surface area contributed by atoms with Crippen LogP contribution in [0.25, 0.3) is 79.5 Å². The second-order valence-corrected chi connectivity index (χ2v) is 37.2. The predicted octanol–water partition coefficient (Wildman–Crippen LogP) is 24.1. The number of aromatic nitrogens is 12. The van der Waals surface area contributed by atoms with Crippen molar-refractivity contribution in [3.63, 3.8) is 0 Å². The molecule has 22 rings (SSSR count). The van der Waals surface area contributed by atoms with Gasteiger partial charge in [-0.3, -0.25) is 0 Å². The van der Waals surface area contributed by atoms with Gasteiger partial charge in [-0.2, -0.15) is 19.9 Å². The van der Waals surface area contributed by atoms with Crippen molar-refractivity contribution in [3.8, 4) is 79.5 Å². The highest BCUT2D eigenvalue weighted by atomic mass is 35.5. The lowest BCUT2D eigenvalue weighted by atomic mass is 9.49. The zero-order valence-corrected chi connectivity index (χ0v) is 68.3. The third kappa shape index (κ3) is 15.3. The average molecular weight is 1530 g/mol. The van der Waals surface area contributed by atoms with Crippen molar-refractivity contribution in [3.05, 3.63) is 236 Å². The van der Waals surface area contributed by atoms with Crippen LogP contribution in [-0.2, 0) is 52.8 Å². The second kappa shape index (κ2) is 30.4. The summed E-state index contributed by atoms with van der Waals surface area (Å²) in [6.45, 7) is 19.7. The lowest BCUT2D eigenvalue weighted by Crippen LogP contribution is -2.51. The minimum absolute atomic E-state index is 0.0479. The molecule has 15 heteroatoms. The fourth-order valence-corrected chi connectivity index (χ4v) is 22.3. The molecular formula is C96H103Cl3N12. The van der Waals surface area contributed by atoms with E-state index in [-0.39, 0.29) is 37.6 Å². The van der Waals surface area contributed by atoms with Crippen LogP contribution in [-0.4, -0.2) is 59.8 Å². The van der Waals surface area contributed by atoms with Gasteiger partial charge in [0, 0.05) is 49.6 Å². The molecule has 11 aromatic rings. The zero-order valence-electron chi connectivity index (χ0n) is 66.0. The van der Waals surface area contributed by atoms with E-state index in [1.807, 2.05) is 61.5 Å². The molecule has 111 heavy (non-hydrogen) atoms. The van der Waals surface area contributed by atoms with Gasteiger partial charge in [0.15, 0.2) is 34.9 Å². The maximum absolute atomic E-state index is 6.57. The van der Waals surface area contributed by atoms with Crippen molar-refractivity contribution in [2.45, 2.75) is 231 Å². The van der Waals surface area contributed by atoms with Crippen molar-refractivity contribution in [2.24, 2.45) is 35.5 Å². The van der Waals surface area contributed by atoms with Crippen LogP contribution in [0.3, 0.4) is 0 Å². The van der Waals surface area contributed by atoms with Gasteiger partial charge < -0.3 is 0 Å². The first kappa shape index (κ1) is 75.2. The van der Waals surface area contributed by atoms with Crippen LogP contribution in [0.5, 0.6) is 0 Å². The number of hydrogen-bond acceptors (Lipinski definition) is 12. The molecule has 0 atom stereocenters. The Labute approximate surface area is 671 Å². The Balaban J connectivity index is 0.000000108. The molecule has 0 spiro atoms. The van der Waals surface area contributed by atoms with Crippen LogP contribution in [0, 0.1) is 42.4 Å². The summed E-state index contributed by atoms with van der Waals surface area (Å²) in [5.74, 6) is 12.4. The van der Waals surface area contributed by atoms with Crippen molar-refractivity contribution >= 4 is 34.8 Å². The summed E-state index contributed by atoms with van der Waals surface area (Å²) in [4.78, 5) is 56.0. The molecule has 11 aliphatic rings. The highest BCUT2D eigenvalue weighted by Crippen LogP contribution is 2.63. The van der Waals surface area contributed by atoms with Crippen LogP contribution in [0.2, 0.25) is 15.9 Å². The highest BCUT2D eigenvalue weighted by molar-refractivity contribution is 6.29. The zero-order chi connectivity index (χ0) is 76.6. The number of fused-ring (bicyclic) bond motifs is 5. The summed E-state index contributed by atoms with van der Waals surface area (Å²) < 4.78 is 0. The minimum Gasteiger partial charge on any atom is -0.217 e. The first-order valence-electron chi connectivity index (χ1n) is 41.3. The Hall–Kier alpha value is -8.55. The molecule has 8 bridgehead atoms. The van der Waals surface area contributed by atoms with Crippen LogP contribution >= 0.6 is 34.8 Å². The molecule has 11 aliphatic carbocycles. The van der Waals surface area contributed by atoms with E-state index in [0.717, 1.165) is 130 Å². The fraction of sp³-hybridized carbons (Fsp3) is 0.438. The van der Waals surface area contributed by atoms with Gasteiger partial charge in [-0.15, -0.1) is 0 Å². The third-order valence-corrected chi connectivity index (χ3v) is 27.1. The van der Waals surface area contributed by atoms with Crippen molar-refractivity contribution in [2.75, 3.05) is 0 Å². The van der Waals surface area contributed by atoms with Gasteiger partial charge in [-0.05, 0) is 297 Å². The summed E-state index contributed by atoms with van der Waals surface area (Å²) in [6.07, 6.45) is 28.3. The molecule has 8 fully saturated rings. The molecular weight excluding hydrogens is 1430 g/mol. The average Bonchev–Trinajstić information content (AvgIpc) is 1.69. The molecule has 0 N–H and O–H groups in total. The largest absolute Gasteiger partial charge is 0.226 e. The second-order valence-electron chi connectivity index (χ2n) is 36.1. The van der Waals surface area contributed by atoms with Crippen LogP contribution in [0.15, 0.2) is 158 Å². The molecule has 0 aliphatic heterocycles. The van der Waals surface area contributed by atoms with Crippen molar-refractivity contribution in [1.82, 2.24) is 59.8 Å². The molecule has 4 aromatic heterocycles. The highest BCUT2D eigenvalue weighted by Gasteiger charge is 2.56. The summed E-state index contributed by atoms with van der Waals surface area (Å²) in [5.41, 5.74) is 20.5. The van der Waals surface area contributed by atoms with Crippen LogP contribution < -0.4 is 0 Å². The molecule has 4 heterocycles. The van der Waals surface area contributed by atoms with E-state index >= 15 is 0 Å². The van der Waals surface area contributed by atoms with Gasteiger partial charge in [0.1, 0.15) is 17.5 Å². The van der Waals surface area contributed by atoms with E-state index in [1.54, 1.807) is 0 Å². The number of rotatable bonds is 10. The summed E-state index contributed by atoms with van der Waals surface area (Å²) >= 11 is 19.1. The quantitative estimate of drug-likeness (QED) is 0.128. The molecule has 0 radical (unpaired) electrons. The standard InChI is InChI=1S/C27H25N3.C23H30ClN3.C23H22ClN3.C23H26ClN3/c1-4-27(5-2)23-14-10-9-13-21(23)22-16-15-20(17-24(22)27)26-29-18(3)28-25(30-26)19-11-7-6-8-12-19;24-21-26-19(22-7-13-1-14(8-22)3-15(2-13)9-22)25-20(27-21)23-10-16-4-17(11-23)6-18(5-16)12-23;24-23-26-21(18-13-12-15-6-1-2-8-17(15)14-18)25-22(27-23)20-11-5-9-16-7-3-4-10-19(16)20;1-22(2,3)17-11-7-15(8-12-17)19-25-20(27-21(24)26-19)16-9-13-18(14-10-16)23(4,5)6/h6-17H,4-5H2,1-3H3;13-18H,1-12H2;5,9,11-14H,1-4,6-8,10H2;7-14H,1-6H3. The molecule has 0 saturated heterocycles. The van der Waals surface area contributed by atoms with E-state index in [1.165, 1.54) is 165 Å². The Kier molecular flexibility index (Phi) is 20.6. The number of benzene rings is 7. The van der Waals surface area contributed by atoms with Gasteiger partial charge in [-0.25, -0.2) is 39.9 Å². The first-order valence-corrected chi connectivity index (χ1v) is 42.4. The molecule has 7 aromatic carbocycles. The van der Waals surface area contributed by atoms with Gasteiger partial charge in [0.05, 0.1) is 0 Å². The Bertz CT molecular complexity index is 5060. The van der Waals surface area contributed by atoms with E-state index in [9.17, 15) is 0 Å². The Morgan fingerprint density at radius 1 is 0.333 bits per heavy atom. The Morgan fingerprint density at radius 3 is 1.26 bits per heavy atom. The van der Waals surface area contributed by atoms with E-state index in [0.29, 0.717) is 28.6 Å². The first-order chi connectivity index (χ1) is 53.5. The molecule has 8 saturated carbocycles. The van der Waals surface area contributed by atoms with Gasteiger partial charge in [-0.1, -0.05) is 201 Å². The van der Waals surface area contributed by atoms with Gasteiger partial charge in [0.2, 0.25) is 15.9 Å². The van der Waals surface area contributed by atoms with Crippen molar-refractivity contribution < 1.29 is 0 Å². The minimum atomic E-state index is 0.0479. The third-order valence-electron chi connectivity index (χ3n) is 26.6. The fourth-order valence-electron chi connectivity index (χ4n) is 21.8. The number of aryl methyl sites for hydroxylation is 4. The van der Waals surface area contributed by atoms with E-state index in [4.69, 9.17) is 59.7 Å². The van der Waals surface area contributed by atoms with Crippen LogP contribution in [0.1, 0.15) is 233 Å². The molecule has 0 unspecified atom stereocenters. The smallest absolute Gasteiger partial charge is 0.217 e. The van der Waals surface area contributed by atoms with Gasteiger partial charge >= 0.3 is 0 Å². The SMILES string of the molecule is CC(C)(C)c1ccc(-c2nc(Cl)nc(-c3ccc(C(C)(C)C)cc3)n2)cc1.CCC1(CC)c2ccccc2-c2ccc(-c3nc(C)nc(-c4ccccc4)n3)cc21.Clc1nc(-c2ccc3c(c2)CCCC3)nc(-c2cccc3c2CCCC3)n1.Clc1nc(C23CC4CC(CC(C4)C2)C3)nc(C23CC4CC(CC(C4)C2)C3)n1. The monoisotopic (exact) mass is 1530 g/mol. The number of halogens is 3. The maximum atomic E-state index is 6.57. The maximum Gasteiger partial charge on any atom is 0.226 e. The lowest BCUT2D eigenvalue weighted by Gasteiger charge is -2.57. The van der Waals surface area contributed by atoms with Crippen LogP contribution in [0.4, 0.5) is 0 Å². The number of nitrogens with zero attached hydrogens (tertiary/aromatic N) is 12.